The molecule has 0 spiro atoms. The van der Waals surface area contributed by atoms with E-state index in [0.717, 1.165) is 25.9 Å². The maximum Gasteiger partial charge on any atom is 0.245 e. The Hall–Kier alpha value is -1.18. The summed E-state index contributed by atoms with van der Waals surface area (Å²) in [5.74, 6) is 0.367. The summed E-state index contributed by atoms with van der Waals surface area (Å²) in [4.78, 5) is 27.0. The number of aliphatic hydroxyl groups is 1. The van der Waals surface area contributed by atoms with Crippen LogP contribution in [0.2, 0.25) is 0 Å². The van der Waals surface area contributed by atoms with Crippen molar-refractivity contribution in [1.29, 1.82) is 0 Å². The van der Waals surface area contributed by atoms with E-state index in [1.54, 1.807) is 11.9 Å². The second-order valence-electron chi connectivity index (χ2n) is 5.81. The number of carbonyl (C=O) groups excluding carboxylic acids is 2. The predicted octanol–water partition coefficient (Wildman–Crippen LogP) is -1.34. The summed E-state index contributed by atoms with van der Waals surface area (Å²) in [5, 5.41) is 11.6. The van der Waals surface area contributed by atoms with Gasteiger partial charge in [-0.05, 0) is 31.8 Å². The van der Waals surface area contributed by atoms with Crippen molar-refractivity contribution >= 4 is 11.8 Å². The van der Waals surface area contributed by atoms with Crippen molar-refractivity contribution < 1.29 is 19.4 Å². The van der Waals surface area contributed by atoms with Crippen LogP contribution in [0.25, 0.3) is 0 Å². The summed E-state index contributed by atoms with van der Waals surface area (Å²) in [6.45, 7) is 3.64. The second kappa shape index (κ2) is 7.72. The molecule has 2 rings (SSSR count). The molecule has 0 radical (unpaired) electrons. The van der Waals surface area contributed by atoms with Gasteiger partial charge in [0.2, 0.25) is 11.8 Å². The first-order valence-electron chi connectivity index (χ1n) is 7.55. The normalized spacial score (nSPS) is 21.1. The Bertz CT molecular complexity index is 363. The number of aliphatic hydroxyl groups excluding tert-OH is 1. The minimum Gasteiger partial charge on any atom is -0.396 e. The highest BCUT2D eigenvalue weighted by Crippen LogP contribution is 2.17. The summed E-state index contributed by atoms with van der Waals surface area (Å²) >= 11 is 0. The number of likely N-dealkylation sites (tertiary alicyclic amines) is 2. The van der Waals surface area contributed by atoms with Crippen molar-refractivity contribution in [2.75, 3.05) is 53.0 Å². The van der Waals surface area contributed by atoms with Gasteiger partial charge in [0.15, 0.2) is 0 Å². The molecule has 2 N–H and O–H groups in total. The van der Waals surface area contributed by atoms with E-state index < -0.39 is 0 Å². The Kier molecular flexibility index (Phi) is 5.96. The molecule has 0 bridgehead atoms. The first kappa shape index (κ1) is 16.2. The molecule has 2 aliphatic heterocycles. The summed E-state index contributed by atoms with van der Waals surface area (Å²) in [7, 11) is 1.57. The van der Waals surface area contributed by atoms with Gasteiger partial charge in [-0.2, -0.15) is 0 Å². The van der Waals surface area contributed by atoms with Gasteiger partial charge in [-0.25, -0.2) is 0 Å². The molecule has 0 saturated carbocycles. The fraction of sp³-hybridized carbons (Fsp3) is 0.857. The van der Waals surface area contributed by atoms with Crippen LogP contribution in [0.4, 0.5) is 0 Å². The highest BCUT2D eigenvalue weighted by molar-refractivity contribution is 5.79. The van der Waals surface area contributed by atoms with Crippen molar-refractivity contribution in [3.05, 3.63) is 0 Å². The Morgan fingerprint density at radius 2 is 1.95 bits per heavy atom. The summed E-state index contributed by atoms with van der Waals surface area (Å²) in [5.41, 5.74) is 0. The molecule has 2 aliphatic rings. The lowest BCUT2D eigenvalue weighted by molar-refractivity contribution is -0.149. The predicted molar refractivity (Wildman–Crippen MR) is 76.6 cm³/mol. The third-order valence-electron chi connectivity index (χ3n) is 4.25. The van der Waals surface area contributed by atoms with E-state index >= 15 is 0 Å². The average Bonchev–Trinajstić information content (AvgIpc) is 2.46. The molecule has 0 aromatic rings. The number of hydrogen-bond acceptors (Lipinski definition) is 5. The molecule has 2 saturated heterocycles. The van der Waals surface area contributed by atoms with Gasteiger partial charge < -0.3 is 20.1 Å². The quantitative estimate of drug-likeness (QED) is 0.635. The van der Waals surface area contributed by atoms with E-state index in [1.165, 1.54) is 0 Å². The van der Waals surface area contributed by atoms with Crippen LogP contribution in [0.5, 0.6) is 0 Å². The highest BCUT2D eigenvalue weighted by atomic mass is 16.5. The number of carbonyl (C=O) groups is 2. The van der Waals surface area contributed by atoms with E-state index in [-0.39, 0.29) is 31.1 Å². The van der Waals surface area contributed by atoms with Crippen LogP contribution in [0, 0.1) is 5.92 Å². The van der Waals surface area contributed by atoms with Crippen LogP contribution >= 0.6 is 0 Å². The number of nitrogens with zero attached hydrogens (tertiary/aromatic N) is 2. The van der Waals surface area contributed by atoms with Gasteiger partial charge in [-0.1, -0.05) is 0 Å². The van der Waals surface area contributed by atoms with Crippen LogP contribution in [-0.2, 0) is 14.3 Å². The van der Waals surface area contributed by atoms with E-state index in [4.69, 9.17) is 9.84 Å². The largest absolute Gasteiger partial charge is 0.396 e. The second-order valence-corrected chi connectivity index (χ2v) is 5.81. The molecule has 2 heterocycles. The minimum absolute atomic E-state index is 0.0219. The third kappa shape index (κ3) is 4.66. The fourth-order valence-corrected chi connectivity index (χ4v) is 2.63. The monoisotopic (exact) mass is 299 g/mol. The number of ether oxygens (including phenoxy) is 1. The van der Waals surface area contributed by atoms with Crippen LogP contribution in [0.1, 0.15) is 12.8 Å². The van der Waals surface area contributed by atoms with Crippen molar-refractivity contribution in [3.8, 4) is 0 Å². The SMILES string of the molecule is CNC(=O)COC1CN(C(=O)CN2CCC(CO)CC2)C1. The van der Waals surface area contributed by atoms with Crippen molar-refractivity contribution in [1.82, 2.24) is 15.1 Å². The molecule has 0 atom stereocenters. The van der Waals surface area contributed by atoms with E-state index in [0.29, 0.717) is 25.6 Å². The molecule has 0 unspecified atom stereocenters. The zero-order valence-corrected chi connectivity index (χ0v) is 12.6. The average molecular weight is 299 g/mol. The highest BCUT2D eigenvalue weighted by Gasteiger charge is 2.32. The Morgan fingerprint density at radius 1 is 1.29 bits per heavy atom. The standard InChI is InChI=1S/C14H25N3O4/c1-15-13(19)10-21-12-6-17(7-12)14(20)8-16-4-2-11(9-18)3-5-16/h11-12,18H,2-10H2,1H3,(H,15,19). The molecule has 0 aromatic heterocycles. The van der Waals surface area contributed by atoms with Crippen molar-refractivity contribution in [3.63, 3.8) is 0 Å². The minimum atomic E-state index is -0.147. The van der Waals surface area contributed by atoms with Gasteiger partial charge in [0.25, 0.3) is 0 Å². The lowest BCUT2D eigenvalue weighted by Crippen LogP contribution is -2.57. The molecule has 7 nitrogen and oxygen atoms in total. The number of hydrogen-bond donors (Lipinski definition) is 2. The van der Waals surface area contributed by atoms with Gasteiger partial charge in [0.1, 0.15) is 6.61 Å². The smallest absolute Gasteiger partial charge is 0.245 e. The van der Waals surface area contributed by atoms with Crippen LogP contribution in [0.15, 0.2) is 0 Å². The molecular formula is C14H25N3O4. The van der Waals surface area contributed by atoms with Gasteiger partial charge in [0, 0.05) is 26.7 Å². The number of rotatable bonds is 6. The van der Waals surface area contributed by atoms with Gasteiger partial charge >= 0.3 is 0 Å². The first-order chi connectivity index (χ1) is 10.1. The number of nitrogens with one attached hydrogen (secondary N) is 1. The zero-order valence-electron chi connectivity index (χ0n) is 12.6. The summed E-state index contributed by atoms with van der Waals surface area (Å²) < 4.78 is 5.38. The number of amides is 2. The van der Waals surface area contributed by atoms with E-state index in [2.05, 4.69) is 10.2 Å². The topological polar surface area (TPSA) is 82.1 Å². The zero-order chi connectivity index (χ0) is 15.2. The van der Waals surface area contributed by atoms with E-state index in [9.17, 15) is 9.59 Å². The molecule has 0 aromatic carbocycles. The molecule has 2 fully saturated rings. The molecular weight excluding hydrogens is 274 g/mol. The maximum absolute atomic E-state index is 12.1. The van der Waals surface area contributed by atoms with Gasteiger partial charge in [0.05, 0.1) is 12.6 Å². The Balaban J connectivity index is 1.60. The Labute approximate surface area is 125 Å². The number of piperidine rings is 1. The van der Waals surface area contributed by atoms with Crippen LogP contribution in [0.3, 0.4) is 0 Å². The maximum atomic E-state index is 12.1. The van der Waals surface area contributed by atoms with Crippen LogP contribution in [-0.4, -0.2) is 85.8 Å². The number of likely N-dealkylation sites (N-methyl/N-ethyl adjacent to an activating group) is 1. The lowest BCUT2D eigenvalue weighted by Gasteiger charge is -2.40. The lowest BCUT2D eigenvalue weighted by atomic mass is 9.98. The van der Waals surface area contributed by atoms with E-state index in [1.807, 2.05) is 0 Å². The fourth-order valence-electron chi connectivity index (χ4n) is 2.63. The van der Waals surface area contributed by atoms with Crippen molar-refractivity contribution in [2.45, 2.75) is 18.9 Å². The summed E-state index contributed by atoms with van der Waals surface area (Å²) in [6.07, 6.45) is 1.90. The van der Waals surface area contributed by atoms with Gasteiger partial charge in [-0.15, -0.1) is 0 Å². The Morgan fingerprint density at radius 3 is 2.52 bits per heavy atom. The first-order valence-corrected chi connectivity index (χ1v) is 7.55. The van der Waals surface area contributed by atoms with Gasteiger partial charge in [-0.3, -0.25) is 14.5 Å². The molecule has 0 aliphatic carbocycles. The molecule has 7 heteroatoms. The van der Waals surface area contributed by atoms with Crippen LogP contribution < -0.4 is 5.32 Å². The summed E-state index contributed by atoms with van der Waals surface area (Å²) in [6, 6.07) is 0. The molecule has 120 valence electrons. The molecule has 21 heavy (non-hydrogen) atoms. The third-order valence-corrected chi connectivity index (χ3v) is 4.25. The molecule has 2 amide bonds. The van der Waals surface area contributed by atoms with Crippen molar-refractivity contribution in [2.24, 2.45) is 5.92 Å².